The number of amides is 2. The van der Waals surface area contributed by atoms with Gasteiger partial charge in [-0.15, -0.1) is 0 Å². The first-order chi connectivity index (χ1) is 12.3. The lowest BCUT2D eigenvalue weighted by atomic mass is 9.94. The predicted molar refractivity (Wildman–Crippen MR) is 101 cm³/mol. The van der Waals surface area contributed by atoms with Crippen molar-refractivity contribution in [3.8, 4) is 5.75 Å². The number of carbonyl (C=O) groups is 2. The van der Waals surface area contributed by atoms with Crippen LogP contribution in [0.25, 0.3) is 0 Å². The number of fused-ring (bicyclic) bond motifs is 1. The molecule has 0 N–H and O–H groups in total. The molecule has 0 saturated carbocycles. The molecule has 2 aliphatic rings. The summed E-state index contributed by atoms with van der Waals surface area (Å²) in [4.78, 5) is 29.1. The maximum Gasteiger partial charge on any atom is 0.228 e. The standard InChI is InChI=1S/C21H30N2O3/c1-21(2,3)20(25)23-10-5-9-22(11-12-23)19(24)15-16-7-8-18-17(14-16)6-4-13-26-18/h7-8,14H,4-6,9-13,15H2,1-3H3. The molecule has 0 spiro atoms. The zero-order valence-electron chi connectivity index (χ0n) is 16.2. The fraction of sp³-hybridized carbons (Fsp3) is 0.619. The summed E-state index contributed by atoms with van der Waals surface area (Å²) >= 11 is 0. The lowest BCUT2D eigenvalue weighted by molar-refractivity contribution is -0.139. The molecule has 1 aromatic carbocycles. The smallest absolute Gasteiger partial charge is 0.228 e. The zero-order valence-corrected chi connectivity index (χ0v) is 16.2. The molecular formula is C21H30N2O3. The monoisotopic (exact) mass is 358 g/mol. The molecule has 1 aromatic rings. The molecule has 0 aliphatic carbocycles. The Morgan fingerprint density at radius 2 is 1.77 bits per heavy atom. The normalized spacial score (nSPS) is 18.0. The van der Waals surface area contributed by atoms with E-state index in [1.54, 1.807) is 0 Å². The lowest BCUT2D eigenvalue weighted by Crippen LogP contribution is -2.42. The number of hydrogen-bond acceptors (Lipinski definition) is 3. The first kappa shape index (κ1) is 18.7. The van der Waals surface area contributed by atoms with Gasteiger partial charge in [0.15, 0.2) is 0 Å². The first-order valence-corrected chi connectivity index (χ1v) is 9.66. The third-order valence-electron chi connectivity index (χ3n) is 5.11. The van der Waals surface area contributed by atoms with E-state index >= 15 is 0 Å². The van der Waals surface area contributed by atoms with Crippen LogP contribution in [0.4, 0.5) is 0 Å². The predicted octanol–water partition coefficient (Wildman–Crippen LogP) is 2.66. The van der Waals surface area contributed by atoms with Gasteiger partial charge in [0, 0.05) is 31.6 Å². The quantitative estimate of drug-likeness (QED) is 0.817. The summed E-state index contributed by atoms with van der Waals surface area (Å²) < 4.78 is 5.65. The maximum absolute atomic E-state index is 12.8. The van der Waals surface area contributed by atoms with Gasteiger partial charge in [-0.05, 0) is 36.5 Å². The molecule has 2 heterocycles. The highest BCUT2D eigenvalue weighted by molar-refractivity contribution is 5.82. The van der Waals surface area contributed by atoms with E-state index in [1.165, 1.54) is 5.56 Å². The van der Waals surface area contributed by atoms with Crippen molar-refractivity contribution in [3.05, 3.63) is 29.3 Å². The topological polar surface area (TPSA) is 49.9 Å². The van der Waals surface area contributed by atoms with Crippen molar-refractivity contribution >= 4 is 11.8 Å². The Labute approximate surface area is 156 Å². The Morgan fingerprint density at radius 3 is 2.54 bits per heavy atom. The van der Waals surface area contributed by atoms with Gasteiger partial charge in [-0.3, -0.25) is 9.59 Å². The number of benzene rings is 1. The average Bonchev–Trinajstić information content (AvgIpc) is 2.86. The molecule has 1 saturated heterocycles. The minimum absolute atomic E-state index is 0.145. The highest BCUT2D eigenvalue weighted by atomic mass is 16.5. The molecule has 26 heavy (non-hydrogen) atoms. The highest BCUT2D eigenvalue weighted by Crippen LogP contribution is 2.26. The van der Waals surface area contributed by atoms with Gasteiger partial charge in [-0.25, -0.2) is 0 Å². The van der Waals surface area contributed by atoms with Crippen molar-refractivity contribution in [1.29, 1.82) is 0 Å². The molecule has 3 rings (SSSR count). The van der Waals surface area contributed by atoms with Crippen LogP contribution in [0.15, 0.2) is 18.2 Å². The van der Waals surface area contributed by atoms with E-state index in [-0.39, 0.29) is 17.2 Å². The van der Waals surface area contributed by atoms with Crippen molar-refractivity contribution in [2.45, 2.75) is 46.5 Å². The number of aryl methyl sites for hydroxylation is 1. The number of ether oxygens (including phenoxy) is 1. The molecule has 0 radical (unpaired) electrons. The summed E-state index contributed by atoms with van der Waals surface area (Å²) in [5.74, 6) is 1.27. The molecule has 0 unspecified atom stereocenters. The van der Waals surface area contributed by atoms with Gasteiger partial charge in [-0.2, -0.15) is 0 Å². The summed E-state index contributed by atoms with van der Waals surface area (Å²) in [7, 11) is 0. The van der Waals surface area contributed by atoms with Crippen LogP contribution in [0, 0.1) is 5.41 Å². The number of hydrogen-bond donors (Lipinski definition) is 0. The van der Waals surface area contributed by atoms with Gasteiger partial charge in [0.25, 0.3) is 0 Å². The largest absolute Gasteiger partial charge is 0.493 e. The summed E-state index contributed by atoms with van der Waals surface area (Å²) in [6.07, 6.45) is 3.31. The molecule has 5 nitrogen and oxygen atoms in total. The first-order valence-electron chi connectivity index (χ1n) is 9.66. The third kappa shape index (κ3) is 4.37. The Hall–Kier alpha value is -2.04. The fourth-order valence-corrected chi connectivity index (χ4v) is 3.65. The Balaban J connectivity index is 1.59. The second-order valence-corrected chi connectivity index (χ2v) is 8.35. The van der Waals surface area contributed by atoms with Gasteiger partial charge in [0.1, 0.15) is 5.75 Å². The van der Waals surface area contributed by atoms with Gasteiger partial charge in [0.2, 0.25) is 11.8 Å². The second-order valence-electron chi connectivity index (χ2n) is 8.35. The Kier molecular flexibility index (Phi) is 5.54. The van der Waals surface area contributed by atoms with Crippen LogP contribution < -0.4 is 4.74 Å². The van der Waals surface area contributed by atoms with Crippen LogP contribution >= 0.6 is 0 Å². The van der Waals surface area contributed by atoms with E-state index in [2.05, 4.69) is 6.07 Å². The molecule has 2 amide bonds. The van der Waals surface area contributed by atoms with Crippen molar-refractivity contribution < 1.29 is 14.3 Å². The molecule has 0 atom stereocenters. The van der Waals surface area contributed by atoms with Crippen LogP contribution in [0.2, 0.25) is 0 Å². The molecule has 0 bridgehead atoms. The van der Waals surface area contributed by atoms with E-state index < -0.39 is 0 Å². The van der Waals surface area contributed by atoms with Gasteiger partial charge < -0.3 is 14.5 Å². The summed E-state index contributed by atoms with van der Waals surface area (Å²) in [6, 6.07) is 6.10. The average molecular weight is 358 g/mol. The maximum atomic E-state index is 12.8. The van der Waals surface area contributed by atoms with E-state index in [1.807, 2.05) is 42.7 Å². The molecular weight excluding hydrogens is 328 g/mol. The highest BCUT2D eigenvalue weighted by Gasteiger charge is 2.29. The number of rotatable bonds is 2. The van der Waals surface area contributed by atoms with E-state index in [4.69, 9.17) is 4.74 Å². The molecule has 0 aromatic heterocycles. The van der Waals surface area contributed by atoms with Crippen LogP contribution in [0.3, 0.4) is 0 Å². The molecule has 142 valence electrons. The Bertz CT molecular complexity index is 678. The lowest BCUT2D eigenvalue weighted by Gasteiger charge is -2.28. The summed E-state index contributed by atoms with van der Waals surface area (Å²) in [6.45, 7) is 9.32. The summed E-state index contributed by atoms with van der Waals surface area (Å²) in [5.41, 5.74) is 1.88. The molecule has 2 aliphatic heterocycles. The van der Waals surface area contributed by atoms with E-state index in [0.29, 0.717) is 19.5 Å². The number of carbonyl (C=O) groups excluding carboxylic acids is 2. The van der Waals surface area contributed by atoms with Crippen LogP contribution in [-0.2, 0) is 22.4 Å². The van der Waals surface area contributed by atoms with Crippen molar-refractivity contribution in [3.63, 3.8) is 0 Å². The van der Waals surface area contributed by atoms with E-state index in [0.717, 1.165) is 50.3 Å². The van der Waals surface area contributed by atoms with Crippen LogP contribution in [-0.4, -0.2) is 54.4 Å². The third-order valence-corrected chi connectivity index (χ3v) is 5.11. The minimum Gasteiger partial charge on any atom is -0.493 e. The Morgan fingerprint density at radius 1 is 1.04 bits per heavy atom. The minimum atomic E-state index is -0.371. The van der Waals surface area contributed by atoms with Crippen LogP contribution in [0.1, 0.15) is 44.7 Å². The van der Waals surface area contributed by atoms with E-state index in [9.17, 15) is 9.59 Å². The fourth-order valence-electron chi connectivity index (χ4n) is 3.65. The van der Waals surface area contributed by atoms with Crippen molar-refractivity contribution in [2.24, 2.45) is 5.41 Å². The number of nitrogens with zero attached hydrogens (tertiary/aromatic N) is 2. The van der Waals surface area contributed by atoms with Crippen molar-refractivity contribution in [2.75, 3.05) is 32.8 Å². The van der Waals surface area contributed by atoms with Gasteiger partial charge in [-0.1, -0.05) is 32.9 Å². The zero-order chi connectivity index (χ0) is 18.7. The SMILES string of the molecule is CC(C)(C)C(=O)N1CCCN(C(=O)Cc2ccc3c(c2)CCCO3)CC1. The molecule has 1 fully saturated rings. The second kappa shape index (κ2) is 7.68. The van der Waals surface area contributed by atoms with Crippen LogP contribution in [0.5, 0.6) is 5.75 Å². The van der Waals surface area contributed by atoms with Gasteiger partial charge in [0.05, 0.1) is 13.0 Å². The van der Waals surface area contributed by atoms with Gasteiger partial charge >= 0.3 is 0 Å². The summed E-state index contributed by atoms with van der Waals surface area (Å²) in [5, 5.41) is 0. The van der Waals surface area contributed by atoms with Crippen molar-refractivity contribution in [1.82, 2.24) is 9.80 Å². The molecule has 5 heteroatoms.